The number of anilines is 1. The quantitative estimate of drug-likeness (QED) is 0.652. The lowest BCUT2D eigenvalue weighted by Gasteiger charge is -2.26. The molecule has 1 saturated heterocycles. The molecule has 0 spiro atoms. The molecule has 1 fully saturated rings. The Hall–Kier alpha value is -2.38. The van der Waals surface area contributed by atoms with Crippen molar-refractivity contribution in [1.82, 2.24) is 4.90 Å². The molecule has 0 radical (unpaired) electrons. The monoisotopic (exact) mass is 430 g/mol. The molecule has 3 rings (SSSR count). The molecule has 1 N–H and O–H groups in total. The number of benzene rings is 2. The standard InChI is InChI=1S/C23H30N2O4S/c1-27-20-14-17(15-21(28-2)23(20)29-3)7-8-22(26)24-19-6-4-5-18(13-19)16-25-9-11-30-12-10-25/h4-6,13-15H,7-12,16H2,1-3H3,(H,24,26). The highest BCUT2D eigenvalue weighted by Gasteiger charge is 2.14. The predicted octanol–water partition coefficient (Wildman–Crippen LogP) is 3.83. The molecule has 0 aliphatic carbocycles. The van der Waals surface area contributed by atoms with Crippen LogP contribution in [-0.2, 0) is 17.8 Å². The van der Waals surface area contributed by atoms with E-state index in [2.05, 4.69) is 22.3 Å². The van der Waals surface area contributed by atoms with Crippen LogP contribution in [0, 0.1) is 0 Å². The number of ether oxygens (including phenoxy) is 3. The first-order valence-corrected chi connectivity index (χ1v) is 11.3. The molecule has 162 valence electrons. The van der Waals surface area contributed by atoms with Crippen LogP contribution in [0.2, 0.25) is 0 Å². The van der Waals surface area contributed by atoms with E-state index in [4.69, 9.17) is 14.2 Å². The first-order valence-electron chi connectivity index (χ1n) is 10.1. The van der Waals surface area contributed by atoms with Gasteiger partial charge in [-0.05, 0) is 41.8 Å². The second-order valence-electron chi connectivity index (χ2n) is 7.17. The molecule has 0 atom stereocenters. The van der Waals surface area contributed by atoms with Crippen LogP contribution in [0.5, 0.6) is 17.2 Å². The van der Waals surface area contributed by atoms with Crippen molar-refractivity contribution in [3.63, 3.8) is 0 Å². The number of hydrogen-bond donors (Lipinski definition) is 1. The minimum atomic E-state index is -0.0183. The maximum atomic E-state index is 12.5. The predicted molar refractivity (Wildman–Crippen MR) is 122 cm³/mol. The lowest BCUT2D eigenvalue weighted by Crippen LogP contribution is -2.31. The van der Waals surface area contributed by atoms with Crippen molar-refractivity contribution in [2.24, 2.45) is 0 Å². The summed E-state index contributed by atoms with van der Waals surface area (Å²) in [6.45, 7) is 3.17. The number of nitrogens with one attached hydrogen (secondary N) is 1. The van der Waals surface area contributed by atoms with Gasteiger partial charge < -0.3 is 19.5 Å². The Labute approximate surface area is 182 Å². The molecular weight excluding hydrogens is 400 g/mol. The van der Waals surface area contributed by atoms with Gasteiger partial charge >= 0.3 is 0 Å². The van der Waals surface area contributed by atoms with Gasteiger partial charge in [0.2, 0.25) is 11.7 Å². The number of nitrogens with zero attached hydrogens (tertiary/aromatic N) is 1. The first kappa shape index (κ1) is 22.3. The number of carbonyl (C=O) groups excluding carboxylic acids is 1. The third kappa shape index (κ3) is 6.06. The summed E-state index contributed by atoms with van der Waals surface area (Å²) >= 11 is 2.01. The Morgan fingerprint density at radius 3 is 2.33 bits per heavy atom. The smallest absolute Gasteiger partial charge is 0.224 e. The second-order valence-corrected chi connectivity index (χ2v) is 8.40. The van der Waals surface area contributed by atoms with Gasteiger partial charge in [0.15, 0.2) is 11.5 Å². The van der Waals surface area contributed by atoms with Crippen LogP contribution >= 0.6 is 11.8 Å². The average molecular weight is 431 g/mol. The Kier molecular flexibility index (Phi) is 8.28. The van der Waals surface area contributed by atoms with E-state index in [1.807, 2.05) is 36.0 Å². The highest BCUT2D eigenvalue weighted by atomic mass is 32.2. The number of hydrogen-bond acceptors (Lipinski definition) is 6. The zero-order valence-electron chi connectivity index (χ0n) is 17.9. The third-order valence-corrected chi connectivity index (χ3v) is 6.03. The molecule has 0 bridgehead atoms. The Bertz CT molecular complexity index is 828. The van der Waals surface area contributed by atoms with Gasteiger partial charge in [-0.1, -0.05) is 12.1 Å². The molecule has 1 amide bonds. The SMILES string of the molecule is COc1cc(CCC(=O)Nc2cccc(CN3CCSCC3)c2)cc(OC)c1OC. The number of thioether (sulfide) groups is 1. The molecule has 0 unspecified atom stereocenters. The average Bonchev–Trinajstić information content (AvgIpc) is 2.77. The van der Waals surface area contributed by atoms with Crippen LogP contribution in [0.25, 0.3) is 0 Å². The molecule has 2 aromatic carbocycles. The number of aryl methyl sites for hydroxylation is 1. The van der Waals surface area contributed by atoms with Gasteiger partial charge in [-0.3, -0.25) is 9.69 Å². The summed E-state index contributed by atoms with van der Waals surface area (Å²) < 4.78 is 16.1. The van der Waals surface area contributed by atoms with Gasteiger partial charge in [-0.25, -0.2) is 0 Å². The third-order valence-electron chi connectivity index (χ3n) is 5.09. The lowest BCUT2D eigenvalue weighted by molar-refractivity contribution is -0.116. The van der Waals surface area contributed by atoms with Gasteiger partial charge in [0.25, 0.3) is 0 Å². The molecule has 1 aliphatic rings. The number of methoxy groups -OCH3 is 3. The van der Waals surface area contributed by atoms with Crippen LogP contribution in [0.1, 0.15) is 17.5 Å². The van der Waals surface area contributed by atoms with Crippen molar-refractivity contribution in [2.75, 3.05) is 51.2 Å². The normalized spacial score (nSPS) is 14.2. The number of carbonyl (C=O) groups is 1. The number of rotatable bonds is 9. The van der Waals surface area contributed by atoms with E-state index in [0.717, 1.165) is 30.9 Å². The summed E-state index contributed by atoms with van der Waals surface area (Å²) in [5, 5.41) is 3.02. The Morgan fingerprint density at radius 1 is 1.00 bits per heavy atom. The van der Waals surface area contributed by atoms with E-state index in [9.17, 15) is 4.79 Å². The van der Waals surface area contributed by atoms with Gasteiger partial charge in [0.1, 0.15) is 0 Å². The van der Waals surface area contributed by atoms with E-state index in [1.54, 1.807) is 21.3 Å². The molecule has 0 saturated carbocycles. The fourth-order valence-corrected chi connectivity index (χ4v) is 4.50. The van der Waals surface area contributed by atoms with Crippen molar-refractivity contribution in [3.8, 4) is 17.2 Å². The van der Waals surface area contributed by atoms with E-state index in [0.29, 0.717) is 30.1 Å². The van der Waals surface area contributed by atoms with Crippen LogP contribution in [0.3, 0.4) is 0 Å². The zero-order valence-corrected chi connectivity index (χ0v) is 18.7. The highest BCUT2D eigenvalue weighted by Crippen LogP contribution is 2.38. The maximum absolute atomic E-state index is 12.5. The van der Waals surface area contributed by atoms with E-state index in [-0.39, 0.29) is 5.91 Å². The maximum Gasteiger partial charge on any atom is 0.224 e. The fraction of sp³-hybridized carbons (Fsp3) is 0.435. The molecule has 2 aromatic rings. The molecular formula is C23H30N2O4S. The van der Waals surface area contributed by atoms with E-state index in [1.165, 1.54) is 17.1 Å². The van der Waals surface area contributed by atoms with Crippen LogP contribution in [-0.4, -0.2) is 56.7 Å². The van der Waals surface area contributed by atoms with Crippen LogP contribution in [0.15, 0.2) is 36.4 Å². The summed E-state index contributed by atoms with van der Waals surface area (Å²) in [5.41, 5.74) is 3.02. The summed E-state index contributed by atoms with van der Waals surface area (Å²) in [5.74, 6) is 4.11. The summed E-state index contributed by atoms with van der Waals surface area (Å²) in [6.07, 6.45) is 0.944. The second kappa shape index (κ2) is 11.1. The largest absolute Gasteiger partial charge is 0.493 e. The summed E-state index contributed by atoms with van der Waals surface area (Å²) in [6, 6.07) is 11.9. The molecule has 30 heavy (non-hydrogen) atoms. The molecule has 1 heterocycles. The van der Waals surface area contributed by atoms with Gasteiger partial charge in [-0.2, -0.15) is 11.8 Å². The van der Waals surface area contributed by atoms with Crippen LogP contribution in [0.4, 0.5) is 5.69 Å². The van der Waals surface area contributed by atoms with Gasteiger partial charge in [0, 0.05) is 43.2 Å². The zero-order chi connectivity index (χ0) is 21.3. The van der Waals surface area contributed by atoms with Crippen molar-refractivity contribution >= 4 is 23.4 Å². The van der Waals surface area contributed by atoms with Crippen molar-refractivity contribution in [2.45, 2.75) is 19.4 Å². The molecule has 1 aliphatic heterocycles. The Morgan fingerprint density at radius 2 is 1.70 bits per heavy atom. The summed E-state index contributed by atoms with van der Waals surface area (Å²) in [4.78, 5) is 15.0. The molecule has 6 nitrogen and oxygen atoms in total. The number of amides is 1. The van der Waals surface area contributed by atoms with E-state index < -0.39 is 0 Å². The lowest BCUT2D eigenvalue weighted by atomic mass is 10.1. The first-order chi connectivity index (χ1) is 14.6. The highest BCUT2D eigenvalue weighted by molar-refractivity contribution is 7.99. The van der Waals surface area contributed by atoms with Crippen LogP contribution < -0.4 is 19.5 Å². The van der Waals surface area contributed by atoms with Crippen molar-refractivity contribution in [1.29, 1.82) is 0 Å². The van der Waals surface area contributed by atoms with E-state index >= 15 is 0 Å². The minimum Gasteiger partial charge on any atom is -0.493 e. The van der Waals surface area contributed by atoms with Crippen molar-refractivity contribution < 1.29 is 19.0 Å². The molecule has 0 aromatic heterocycles. The van der Waals surface area contributed by atoms with Crippen molar-refractivity contribution in [3.05, 3.63) is 47.5 Å². The topological polar surface area (TPSA) is 60.0 Å². The molecule has 7 heteroatoms. The Balaban J connectivity index is 1.57. The fourth-order valence-electron chi connectivity index (χ4n) is 3.53. The van der Waals surface area contributed by atoms with Gasteiger partial charge in [0.05, 0.1) is 21.3 Å². The summed E-state index contributed by atoms with van der Waals surface area (Å²) in [7, 11) is 4.75. The van der Waals surface area contributed by atoms with Gasteiger partial charge in [-0.15, -0.1) is 0 Å². The minimum absolute atomic E-state index is 0.0183.